The van der Waals surface area contributed by atoms with E-state index in [1.165, 1.54) is 4.90 Å². The number of halogens is 3. The molecule has 0 unspecified atom stereocenters. The lowest BCUT2D eigenvalue weighted by Crippen LogP contribution is -2.59. The molecule has 0 aromatic heterocycles. The Morgan fingerprint density at radius 2 is 1.70 bits per heavy atom. The molecule has 0 aromatic carbocycles. The number of alkyl halides is 3. The van der Waals surface area contributed by atoms with Gasteiger partial charge in [-0.25, -0.2) is 0 Å². The van der Waals surface area contributed by atoms with Gasteiger partial charge in [0, 0.05) is 31.7 Å². The summed E-state index contributed by atoms with van der Waals surface area (Å²) >= 11 is 0. The van der Waals surface area contributed by atoms with Gasteiger partial charge in [0.15, 0.2) is 12.1 Å². The van der Waals surface area contributed by atoms with E-state index in [1.807, 2.05) is 39.9 Å². The van der Waals surface area contributed by atoms with Crippen molar-refractivity contribution in [1.29, 1.82) is 0 Å². The summed E-state index contributed by atoms with van der Waals surface area (Å²) in [6.45, 7) is 11.0. The molecule has 13 heteroatoms. The minimum Gasteiger partial charge on any atom is -0.463 e. The summed E-state index contributed by atoms with van der Waals surface area (Å²) in [7, 11) is 7.29. The molecule has 3 aliphatic heterocycles. The molecule has 46 heavy (non-hydrogen) atoms. The maximum atomic E-state index is 14.2. The Labute approximate surface area is 273 Å². The molecule has 3 heterocycles. The van der Waals surface area contributed by atoms with Gasteiger partial charge < -0.3 is 29.0 Å². The number of ether oxygens (including phenoxy) is 4. The number of rotatable bonds is 6. The number of carbonyl (C=O) groups is 2. The highest BCUT2D eigenvalue weighted by atomic mass is 19.4. The minimum absolute atomic E-state index is 0.0128. The Morgan fingerprint density at radius 3 is 2.24 bits per heavy atom. The van der Waals surface area contributed by atoms with E-state index >= 15 is 0 Å². The predicted molar refractivity (Wildman–Crippen MR) is 167 cm³/mol. The van der Waals surface area contributed by atoms with Crippen molar-refractivity contribution in [2.75, 3.05) is 61.0 Å². The van der Waals surface area contributed by atoms with E-state index in [4.69, 9.17) is 18.9 Å². The maximum Gasteiger partial charge on any atom is 0.401 e. The lowest BCUT2D eigenvalue weighted by atomic mass is 9.74. The van der Waals surface area contributed by atoms with Crippen molar-refractivity contribution in [2.24, 2.45) is 23.2 Å². The Kier molecular flexibility index (Phi) is 13.1. The zero-order chi connectivity index (χ0) is 34.8. The minimum atomic E-state index is -4.25. The average Bonchev–Trinajstić information content (AvgIpc) is 2.95. The molecule has 3 aliphatic rings. The highest BCUT2D eigenvalue weighted by Gasteiger charge is 2.51. The number of aliphatic hydroxyl groups excluding tert-OH is 1. The number of esters is 1. The molecule has 0 spiro atoms. The first-order chi connectivity index (χ1) is 21.2. The number of hydrogen-bond donors (Lipinski definition) is 1. The van der Waals surface area contributed by atoms with E-state index in [1.54, 1.807) is 27.9 Å². The van der Waals surface area contributed by atoms with Crippen molar-refractivity contribution in [3.05, 3.63) is 0 Å². The second kappa shape index (κ2) is 15.5. The van der Waals surface area contributed by atoms with Crippen LogP contribution in [0.5, 0.6) is 0 Å². The molecule has 0 amide bonds. The number of hydrogen-bond acceptors (Lipinski definition) is 10. The molecule has 0 saturated carbocycles. The summed E-state index contributed by atoms with van der Waals surface area (Å²) in [6, 6.07) is -0.459. The van der Waals surface area contributed by atoms with Gasteiger partial charge in [-0.05, 0) is 99.4 Å². The average molecular weight is 666 g/mol. The van der Waals surface area contributed by atoms with Gasteiger partial charge in [0.1, 0.15) is 18.1 Å². The summed E-state index contributed by atoms with van der Waals surface area (Å²) in [5, 5.41) is 11.3. The first-order valence-electron chi connectivity index (χ1n) is 16.6. The third kappa shape index (κ3) is 9.41. The summed E-state index contributed by atoms with van der Waals surface area (Å²) < 4.78 is 63.8. The molecule has 0 aromatic rings. The number of aliphatic hydroxyl groups is 1. The Morgan fingerprint density at radius 1 is 1.09 bits per heavy atom. The molecule has 0 aliphatic carbocycles. The smallest absolute Gasteiger partial charge is 0.401 e. The lowest BCUT2D eigenvalue weighted by Gasteiger charge is -2.47. The Bertz CT molecular complexity index is 1020. The fourth-order valence-corrected chi connectivity index (χ4v) is 7.81. The number of Topliss-reactive ketones (excluding diaryl/α,β-unsaturated/α-hetero) is 1. The van der Waals surface area contributed by atoms with Gasteiger partial charge in [0.05, 0.1) is 24.4 Å². The Hall–Kier alpha value is -1.35. The van der Waals surface area contributed by atoms with Crippen LogP contribution in [0.1, 0.15) is 67.2 Å². The fraction of sp³-hybridized carbons (Fsp3) is 0.939. The molecule has 9 atom stereocenters. The van der Waals surface area contributed by atoms with Crippen LogP contribution in [0.25, 0.3) is 0 Å². The summed E-state index contributed by atoms with van der Waals surface area (Å²) in [6.07, 6.45) is -5.17. The van der Waals surface area contributed by atoms with Crippen LogP contribution in [0.15, 0.2) is 0 Å². The van der Waals surface area contributed by atoms with E-state index < -0.39 is 54.1 Å². The van der Waals surface area contributed by atoms with Crippen LogP contribution < -0.4 is 0 Å². The largest absolute Gasteiger partial charge is 0.463 e. The van der Waals surface area contributed by atoms with Gasteiger partial charge in [-0.15, -0.1) is 0 Å². The van der Waals surface area contributed by atoms with Crippen molar-refractivity contribution in [3.8, 4) is 0 Å². The first-order valence-corrected chi connectivity index (χ1v) is 16.6. The van der Waals surface area contributed by atoms with Crippen LogP contribution >= 0.6 is 0 Å². The van der Waals surface area contributed by atoms with Crippen LogP contribution in [-0.2, 0) is 28.5 Å². The van der Waals surface area contributed by atoms with Crippen molar-refractivity contribution in [3.63, 3.8) is 0 Å². The van der Waals surface area contributed by atoms with E-state index in [2.05, 4.69) is 11.8 Å². The van der Waals surface area contributed by atoms with Gasteiger partial charge in [0.2, 0.25) is 0 Å². The fourth-order valence-electron chi connectivity index (χ4n) is 7.81. The normalized spacial score (nSPS) is 38.6. The van der Waals surface area contributed by atoms with Gasteiger partial charge in [0.25, 0.3) is 0 Å². The predicted octanol–water partition coefficient (Wildman–Crippen LogP) is 3.59. The molecule has 268 valence electrons. The number of likely N-dealkylation sites (tertiary alicyclic amines) is 1. The van der Waals surface area contributed by atoms with Crippen LogP contribution in [0.4, 0.5) is 13.2 Å². The SMILES string of the molecule is CO[C@]1(C)C[C@@H](C)CN(C)[C@H](C2CCN(CC(F)(F)F)CC2)COC(=O)C(C)(C)C(=O)[C@H](C)[C@H]1O[C@@H]1O[C@H](C)C[C@H](N(C)C)[C@H]1O. The highest BCUT2D eigenvalue weighted by Crippen LogP contribution is 2.39. The molecule has 3 rings (SSSR count). The zero-order valence-electron chi connectivity index (χ0n) is 29.4. The molecule has 10 nitrogen and oxygen atoms in total. The summed E-state index contributed by atoms with van der Waals surface area (Å²) in [5.41, 5.74) is -2.54. The number of carbonyl (C=O) groups excluding carboxylic acids is 2. The van der Waals surface area contributed by atoms with E-state index in [-0.39, 0.29) is 42.4 Å². The standard InChI is InChI=1S/C33H58F3N3O7/c1-20-16-32(6,43-10)28(46-29-26(40)24(37(7)8)15-21(2)45-29)22(3)27(41)31(4,5)30(42)44-18-25(38(9)17-20)23-11-13-39(14-12-23)19-33(34,35)36/h20-26,28-29,40H,11-19H2,1-10H3/t20-,21-,22+,24+,25+,26-,28-,29+,32-/m1/s1. The Balaban J connectivity index is 1.93. The molecule has 0 radical (unpaired) electrons. The lowest BCUT2D eigenvalue weighted by molar-refractivity contribution is -0.295. The van der Waals surface area contributed by atoms with E-state index in [0.29, 0.717) is 45.3 Å². The summed E-state index contributed by atoms with van der Waals surface area (Å²) in [4.78, 5) is 33.3. The second-order valence-corrected chi connectivity index (χ2v) is 15.1. The molecule has 0 bridgehead atoms. The zero-order valence-corrected chi connectivity index (χ0v) is 29.4. The van der Waals surface area contributed by atoms with Gasteiger partial charge in [-0.2, -0.15) is 13.2 Å². The van der Waals surface area contributed by atoms with E-state index in [0.717, 1.165) is 0 Å². The third-order valence-corrected chi connectivity index (χ3v) is 10.5. The summed E-state index contributed by atoms with van der Waals surface area (Å²) in [5.74, 6) is -1.86. The van der Waals surface area contributed by atoms with E-state index in [9.17, 15) is 27.9 Å². The number of likely N-dealkylation sites (N-methyl/N-ethyl adjacent to an activating group) is 2. The number of piperidine rings is 1. The second-order valence-electron chi connectivity index (χ2n) is 15.1. The van der Waals surface area contributed by atoms with Crippen LogP contribution in [-0.4, -0.2) is 141 Å². The van der Waals surface area contributed by atoms with Crippen molar-refractivity contribution >= 4 is 11.8 Å². The molecular weight excluding hydrogens is 607 g/mol. The van der Waals surface area contributed by atoms with Crippen molar-refractivity contribution in [1.82, 2.24) is 14.7 Å². The first kappa shape index (κ1) is 39.1. The maximum absolute atomic E-state index is 14.2. The van der Waals surface area contributed by atoms with Crippen LogP contribution in [0.2, 0.25) is 0 Å². The monoisotopic (exact) mass is 665 g/mol. The van der Waals surface area contributed by atoms with Gasteiger partial charge in [-0.1, -0.05) is 13.8 Å². The van der Waals surface area contributed by atoms with Crippen LogP contribution in [0, 0.1) is 23.2 Å². The van der Waals surface area contributed by atoms with Crippen LogP contribution in [0.3, 0.4) is 0 Å². The van der Waals surface area contributed by atoms with Crippen molar-refractivity contribution < 1.29 is 46.8 Å². The molecule has 3 saturated heterocycles. The highest BCUT2D eigenvalue weighted by molar-refractivity contribution is 6.04. The molecule has 1 N–H and O–H groups in total. The molecular formula is C33H58F3N3O7. The van der Waals surface area contributed by atoms with Gasteiger partial charge in [-0.3, -0.25) is 19.4 Å². The number of ketones is 1. The number of nitrogens with zero attached hydrogens (tertiary/aromatic N) is 3. The third-order valence-electron chi connectivity index (χ3n) is 10.5. The quantitative estimate of drug-likeness (QED) is 0.335. The number of cyclic esters (lactones) is 1. The number of methoxy groups -OCH3 is 1. The van der Waals surface area contributed by atoms with Gasteiger partial charge >= 0.3 is 12.1 Å². The molecule has 3 fully saturated rings. The topological polar surface area (TPSA) is 101 Å². The van der Waals surface area contributed by atoms with Crippen molar-refractivity contribution in [2.45, 2.75) is 116 Å².